The van der Waals surface area contributed by atoms with Gasteiger partial charge in [0.05, 0.1) is 0 Å². The molecule has 1 aromatic carbocycles. The van der Waals surface area contributed by atoms with E-state index in [0.29, 0.717) is 6.54 Å². The summed E-state index contributed by atoms with van der Waals surface area (Å²) in [6, 6.07) is 4.86. The molecule has 1 rings (SSSR count). The first-order chi connectivity index (χ1) is 7.15. The zero-order valence-corrected chi connectivity index (χ0v) is 8.97. The molecule has 0 aromatic heterocycles. The van der Waals surface area contributed by atoms with Crippen molar-refractivity contribution in [1.29, 1.82) is 0 Å². The van der Waals surface area contributed by atoms with E-state index >= 15 is 0 Å². The fourth-order valence-electron chi connectivity index (χ4n) is 1.56. The van der Waals surface area contributed by atoms with Gasteiger partial charge in [-0.3, -0.25) is 0 Å². The summed E-state index contributed by atoms with van der Waals surface area (Å²) in [5.74, 6) is 0. The van der Waals surface area contributed by atoms with Gasteiger partial charge in [0.25, 0.3) is 6.43 Å². The molecule has 0 saturated heterocycles. The van der Waals surface area contributed by atoms with Crippen LogP contribution in [0.25, 0.3) is 0 Å². The molecule has 0 unspecified atom stereocenters. The largest absolute Gasteiger partial charge is 0.330 e. The number of nitrogens with two attached hydrogens (primary N) is 1. The van der Waals surface area contributed by atoms with Crippen LogP contribution in [0, 0.1) is 6.92 Å². The van der Waals surface area contributed by atoms with Gasteiger partial charge in [0.1, 0.15) is 0 Å². The maximum absolute atomic E-state index is 12.4. The number of alkyl halides is 2. The summed E-state index contributed by atoms with van der Waals surface area (Å²) in [5, 5.41) is 0. The molecule has 0 spiro atoms. The average molecular weight is 213 g/mol. The van der Waals surface area contributed by atoms with Crippen LogP contribution in [-0.4, -0.2) is 6.54 Å². The van der Waals surface area contributed by atoms with Crippen LogP contribution in [0.5, 0.6) is 0 Å². The zero-order valence-electron chi connectivity index (χ0n) is 8.97. The molecule has 1 aromatic rings. The predicted molar refractivity (Wildman–Crippen MR) is 58.1 cm³/mol. The van der Waals surface area contributed by atoms with Crippen molar-refractivity contribution in [2.75, 3.05) is 6.54 Å². The lowest BCUT2D eigenvalue weighted by molar-refractivity contribution is 0.151. The van der Waals surface area contributed by atoms with Gasteiger partial charge in [0, 0.05) is 5.56 Å². The Hall–Kier alpha value is -0.960. The van der Waals surface area contributed by atoms with Crippen LogP contribution in [-0.2, 0) is 6.42 Å². The smallest absolute Gasteiger partial charge is 0.263 e. The van der Waals surface area contributed by atoms with Crippen molar-refractivity contribution in [1.82, 2.24) is 0 Å². The predicted octanol–water partition coefficient (Wildman–Crippen LogP) is 3.21. The third-order valence-corrected chi connectivity index (χ3v) is 2.53. The lowest BCUT2D eigenvalue weighted by Crippen LogP contribution is -2.00. The molecule has 0 amide bonds. The van der Waals surface area contributed by atoms with Crippen molar-refractivity contribution in [3.05, 3.63) is 34.9 Å². The van der Waals surface area contributed by atoms with E-state index in [4.69, 9.17) is 5.73 Å². The minimum Gasteiger partial charge on any atom is -0.330 e. The Labute approximate surface area is 89.3 Å². The lowest BCUT2D eigenvalue weighted by atomic mass is 10.0. The van der Waals surface area contributed by atoms with Gasteiger partial charge in [0.2, 0.25) is 0 Å². The first-order valence-electron chi connectivity index (χ1n) is 5.22. The molecule has 0 bridgehead atoms. The third kappa shape index (κ3) is 3.59. The quantitative estimate of drug-likeness (QED) is 0.747. The standard InChI is InChI=1S/C12H17F2N/c1-9-5-6-11(12(13)14)8-10(9)4-2-3-7-15/h5-6,8,12H,2-4,7,15H2,1H3. The van der Waals surface area contributed by atoms with E-state index in [2.05, 4.69) is 0 Å². The van der Waals surface area contributed by atoms with Crippen molar-refractivity contribution >= 4 is 0 Å². The second kappa shape index (κ2) is 5.81. The number of halogens is 2. The molecule has 15 heavy (non-hydrogen) atoms. The number of hydrogen-bond donors (Lipinski definition) is 1. The molecular weight excluding hydrogens is 196 g/mol. The van der Waals surface area contributed by atoms with Crippen molar-refractivity contribution in [2.45, 2.75) is 32.6 Å². The maximum atomic E-state index is 12.4. The summed E-state index contributed by atoms with van der Waals surface area (Å²) >= 11 is 0. The molecular formula is C12H17F2N. The van der Waals surface area contributed by atoms with Gasteiger partial charge >= 0.3 is 0 Å². The van der Waals surface area contributed by atoms with E-state index in [-0.39, 0.29) is 5.56 Å². The molecule has 3 heteroatoms. The molecule has 0 aliphatic heterocycles. The summed E-state index contributed by atoms with van der Waals surface area (Å²) in [4.78, 5) is 0. The first-order valence-corrected chi connectivity index (χ1v) is 5.22. The van der Waals surface area contributed by atoms with Crippen LogP contribution in [0.3, 0.4) is 0 Å². The van der Waals surface area contributed by atoms with Crippen LogP contribution in [0.4, 0.5) is 8.78 Å². The molecule has 0 saturated carbocycles. The SMILES string of the molecule is Cc1ccc(C(F)F)cc1CCCCN. The molecule has 0 heterocycles. The van der Waals surface area contributed by atoms with E-state index < -0.39 is 6.43 Å². The van der Waals surface area contributed by atoms with Gasteiger partial charge < -0.3 is 5.73 Å². The normalized spacial score (nSPS) is 11.0. The highest BCUT2D eigenvalue weighted by atomic mass is 19.3. The van der Waals surface area contributed by atoms with E-state index in [1.54, 1.807) is 12.1 Å². The Bertz CT molecular complexity index is 310. The Morgan fingerprint density at radius 3 is 2.60 bits per heavy atom. The molecule has 0 aliphatic carbocycles. The Morgan fingerprint density at radius 1 is 1.27 bits per heavy atom. The Morgan fingerprint density at radius 2 is 2.00 bits per heavy atom. The molecule has 0 radical (unpaired) electrons. The highest BCUT2D eigenvalue weighted by Crippen LogP contribution is 2.22. The minimum absolute atomic E-state index is 0.114. The van der Waals surface area contributed by atoms with Crippen LogP contribution in [0.15, 0.2) is 18.2 Å². The number of benzene rings is 1. The highest BCUT2D eigenvalue weighted by molar-refractivity contribution is 5.31. The number of hydrogen-bond acceptors (Lipinski definition) is 1. The summed E-state index contributed by atoms with van der Waals surface area (Å²) in [7, 11) is 0. The number of aryl methyl sites for hydroxylation is 2. The van der Waals surface area contributed by atoms with E-state index in [1.807, 2.05) is 6.92 Å². The second-order valence-electron chi connectivity index (χ2n) is 3.73. The van der Waals surface area contributed by atoms with Crippen molar-refractivity contribution in [3.63, 3.8) is 0 Å². The molecule has 1 nitrogen and oxygen atoms in total. The van der Waals surface area contributed by atoms with E-state index in [1.165, 1.54) is 6.07 Å². The zero-order chi connectivity index (χ0) is 11.3. The van der Waals surface area contributed by atoms with E-state index in [0.717, 1.165) is 30.4 Å². The topological polar surface area (TPSA) is 26.0 Å². The van der Waals surface area contributed by atoms with Gasteiger partial charge in [-0.1, -0.05) is 12.1 Å². The van der Waals surface area contributed by atoms with Gasteiger partial charge in [-0.05, 0) is 49.9 Å². The summed E-state index contributed by atoms with van der Waals surface area (Å²) in [6.45, 7) is 2.61. The summed E-state index contributed by atoms with van der Waals surface area (Å²) < 4.78 is 24.9. The first kappa shape index (κ1) is 12.1. The van der Waals surface area contributed by atoms with Crippen molar-refractivity contribution < 1.29 is 8.78 Å². The van der Waals surface area contributed by atoms with Gasteiger partial charge in [0.15, 0.2) is 0 Å². The molecule has 0 aliphatic rings. The minimum atomic E-state index is -2.38. The summed E-state index contributed by atoms with van der Waals surface area (Å²) in [5.41, 5.74) is 7.60. The molecule has 84 valence electrons. The summed E-state index contributed by atoms with van der Waals surface area (Å²) in [6.07, 6.45) is 0.366. The highest BCUT2D eigenvalue weighted by Gasteiger charge is 2.08. The van der Waals surface area contributed by atoms with E-state index in [9.17, 15) is 8.78 Å². The van der Waals surface area contributed by atoms with Gasteiger partial charge in [-0.15, -0.1) is 0 Å². The van der Waals surface area contributed by atoms with Crippen molar-refractivity contribution in [2.24, 2.45) is 5.73 Å². The van der Waals surface area contributed by atoms with Gasteiger partial charge in [-0.2, -0.15) is 0 Å². The second-order valence-corrected chi connectivity index (χ2v) is 3.73. The molecule has 2 N–H and O–H groups in total. The van der Waals surface area contributed by atoms with Crippen LogP contribution < -0.4 is 5.73 Å². The Balaban J connectivity index is 2.72. The van der Waals surface area contributed by atoms with Crippen molar-refractivity contribution in [3.8, 4) is 0 Å². The molecule has 0 fully saturated rings. The van der Waals surface area contributed by atoms with Crippen LogP contribution in [0.2, 0.25) is 0 Å². The van der Waals surface area contributed by atoms with Gasteiger partial charge in [-0.25, -0.2) is 8.78 Å². The number of rotatable bonds is 5. The fraction of sp³-hybridized carbons (Fsp3) is 0.500. The lowest BCUT2D eigenvalue weighted by Gasteiger charge is -2.08. The van der Waals surface area contributed by atoms with Crippen LogP contribution in [0.1, 0.15) is 36.0 Å². The monoisotopic (exact) mass is 213 g/mol. The fourth-order valence-corrected chi connectivity index (χ4v) is 1.56. The molecule has 0 atom stereocenters. The Kier molecular flexibility index (Phi) is 4.69. The maximum Gasteiger partial charge on any atom is 0.263 e. The average Bonchev–Trinajstić information content (AvgIpc) is 2.20. The third-order valence-electron chi connectivity index (χ3n) is 2.53. The number of unbranched alkanes of at least 4 members (excludes halogenated alkanes) is 1. The van der Waals surface area contributed by atoms with Crippen LogP contribution >= 0.6 is 0 Å².